The minimum absolute atomic E-state index is 0.182. The van der Waals surface area contributed by atoms with Gasteiger partial charge in [-0.1, -0.05) is 18.2 Å². The summed E-state index contributed by atoms with van der Waals surface area (Å²) < 4.78 is 5.71. The summed E-state index contributed by atoms with van der Waals surface area (Å²) in [5, 5.41) is 7.24. The van der Waals surface area contributed by atoms with E-state index in [1.165, 1.54) is 0 Å². The van der Waals surface area contributed by atoms with Gasteiger partial charge in [0.05, 0.1) is 17.1 Å². The van der Waals surface area contributed by atoms with Gasteiger partial charge in [-0.25, -0.2) is 4.98 Å². The van der Waals surface area contributed by atoms with Crippen LogP contribution in [-0.2, 0) is 6.61 Å². The lowest BCUT2D eigenvalue weighted by Crippen LogP contribution is -2.13. The highest BCUT2D eigenvalue weighted by atomic mass is 16.5. The quantitative estimate of drug-likeness (QED) is 0.601. The van der Waals surface area contributed by atoms with Crippen molar-refractivity contribution in [1.82, 2.24) is 20.2 Å². The minimum atomic E-state index is -0.182. The van der Waals surface area contributed by atoms with Crippen LogP contribution in [0.5, 0.6) is 5.75 Å². The third kappa shape index (κ3) is 3.14. The first-order valence-electron chi connectivity index (χ1n) is 7.90. The fourth-order valence-corrected chi connectivity index (χ4v) is 2.70. The molecule has 2 aromatic heterocycles. The molecule has 4 aromatic rings. The standard InChI is InChI=1S/C19H16N4O2/c1-12-3-2-4-15(7-12)25-11-18-22-17-6-5-13(14-9-20-21-10-14)8-16(17)19(24)23-18/h2-10H,11H2,1H3,(H,20,21)(H,22,23,24). The molecule has 25 heavy (non-hydrogen) atoms. The molecule has 0 aliphatic rings. The van der Waals surface area contributed by atoms with Gasteiger partial charge in [0, 0.05) is 11.8 Å². The van der Waals surface area contributed by atoms with Gasteiger partial charge < -0.3 is 9.72 Å². The SMILES string of the molecule is Cc1cccc(OCc2nc3ccc(-c4cn[nH]c4)cc3c(=O)[nH]2)c1. The highest BCUT2D eigenvalue weighted by molar-refractivity contribution is 5.83. The summed E-state index contributed by atoms with van der Waals surface area (Å²) in [4.78, 5) is 19.7. The molecule has 0 aliphatic heterocycles. The summed E-state index contributed by atoms with van der Waals surface area (Å²) in [6.07, 6.45) is 3.50. The summed E-state index contributed by atoms with van der Waals surface area (Å²) in [6, 6.07) is 13.3. The van der Waals surface area contributed by atoms with E-state index in [0.29, 0.717) is 16.7 Å². The Kier molecular flexibility index (Phi) is 3.78. The highest BCUT2D eigenvalue weighted by Gasteiger charge is 2.07. The maximum atomic E-state index is 12.4. The van der Waals surface area contributed by atoms with Crippen LogP contribution in [0.25, 0.3) is 22.0 Å². The number of aromatic amines is 2. The van der Waals surface area contributed by atoms with Crippen LogP contribution in [0.1, 0.15) is 11.4 Å². The number of aryl methyl sites for hydroxylation is 1. The molecule has 2 heterocycles. The number of hydrogen-bond donors (Lipinski definition) is 2. The second-order valence-electron chi connectivity index (χ2n) is 5.84. The van der Waals surface area contributed by atoms with E-state index in [9.17, 15) is 4.79 Å². The number of H-pyrrole nitrogens is 2. The molecular weight excluding hydrogens is 316 g/mol. The second kappa shape index (κ2) is 6.24. The molecule has 0 amide bonds. The lowest BCUT2D eigenvalue weighted by molar-refractivity contribution is 0.296. The molecule has 124 valence electrons. The molecule has 0 saturated heterocycles. The van der Waals surface area contributed by atoms with E-state index < -0.39 is 0 Å². The smallest absolute Gasteiger partial charge is 0.258 e. The normalized spacial score (nSPS) is 10.9. The Bertz CT molecular complexity index is 1080. The molecule has 0 unspecified atom stereocenters. The first kappa shape index (κ1) is 15.1. The first-order chi connectivity index (χ1) is 12.2. The van der Waals surface area contributed by atoms with Gasteiger partial charge in [0.2, 0.25) is 0 Å². The summed E-state index contributed by atoms with van der Waals surface area (Å²) in [7, 11) is 0. The van der Waals surface area contributed by atoms with Crippen molar-refractivity contribution < 1.29 is 4.74 Å². The van der Waals surface area contributed by atoms with Gasteiger partial charge in [0.25, 0.3) is 5.56 Å². The Morgan fingerprint density at radius 1 is 1.12 bits per heavy atom. The zero-order valence-electron chi connectivity index (χ0n) is 13.6. The number of ether oxygens (including phenoxy) is 1. The molecule has 0 aliphatic carbocycles. The Morgan fingerprint density at radius 2 is 2.04 bits per heavy atom. The number of hydrogen-bond acceptors (Lipinski definition) is 4. The van der Waals surface area contributed by atoms with Crippen molar-refractivity contribution in [2.45, 2.75) is 13.5 Å². The minimum Gasteiger partial charge on any atom is -0.486 e. The summed E-state index contributed by atoms with van der Waals surface area (Å²) in [6.45, 7) is 2.21. The molecule has 0 atom stereocenters. The number of rotatable bonds is 4. The highest BCUT2D eigenvalue weighted by Crippen LogP contribution is 2.21. The fourth-order valence-electron chi connectivity index (χ4n) is 2.70. The van der Waals surface area contributed by atoms with E-state index in [1.54, 1.807) is 12.4 Å². The van der Waals surface area contributed by atoms with Crippen LogP contribution >= 0.6 is 0 Å². The van der Waals surface area contributed by atoms with Crippen LogP contribution < -0.4 is 10.3 Å². The molecule has 6 heteroatoms. The number of fused-ring (bicyclic) bond motifs is 1. The monoisotopic (exact) mass is 332 g/mol. The maximum Gasteiger partial charge on any atom is 0.258 e. The van der Waals surface area contributed by atoms with Gasteiger partial charge in [-0.05, 0) is 42.3 Å². The van der Waals surface area contributed by atoms with Crippen LogP contribution in [0.4, 0.5) is 0 Å². The van der Waals surface area contributed by atoms with Gasteiger partial charge in [-0.3, -0.25) is 9.89 Å². The number of nitrogens with one attached hydrogen (secondary N) is 2. The van der Waals surface area contributed by atoms with E-state index in [1.807, 2.05) is 49.4 Å². The Morgan fingerprint density at radius 3 is 2.84 bits per heavy atom. The van der Waals surface area contributed by atoms with Gasteiger partial charge in [0.1, 0.15) is 18.2 Å². The zero-order valence-corrected chi connectivity index (χ0v) is 13.6. The van der Waals surface area contributed by atoms with E-state index in [2.05, 4.69) is 20.2 Å². The van der Waals surface area contributed by atoms with Crippen LogP contribution in [0.2, 0.25) is 0 Å². The lowest BCUT2D eigenvalue weighted by Gasteiger charge is -2.07. The number of aromatic nitrogens is 4. The predicted octanol–water partition coefficient (Wildman–Crippen LogP) is 3.20. The summed E-state index contributed by atoms with van der Waals surface area (Å²) in [5.74, 6) is 1.24. The average molecular weight is 332 g/mol. The zero-order chi connectivity index (χ0) is 17.2. The van der Waals surface area contributed by atoms with Crippen molar-refractivity contribution in [3.05, 3.63) is 76.6 Å². The topological polar surface area (TPSA) is 83.7 Å². The van der Waals surface area contributed by atoms with Crippen molar-refractivity contribution in [1.29, 1.82) is 0 Å². The molecule has 2 aromatic carbocycles. The molecule has 0 bridgehead atoms. The third-order valence-electron chi connectivity index (χ3n) is 3.95. The van der Waals surface area contributed by atoms with Gasteiger partial charge in [-0.2, -0.15) is 5.10 Å². The van der Waals surface area contributed by atoms with Crippen molar-refractivity contribution >= 4 is 10.9 Å². The van der Waals surface area contributed by atoms with Crippen molar-refractivity contribution in [3.8, 4) is 16.9 Å². The van der Waals surface area contributed by atoms with Gasteiger partial charge in [0.15, 0.2) is 0 Å². The fraction of sp³-hybridized carbons (Fsp3) is 0.105. The largest absolute Gasteiger partial charge is 0.486 e. The van der Waals surface area contributed by atoms with Crippen LogP contribution in [0.15, 0.2) is 59.7 Å². The summed E-state index contributed by atoms with van der Waals surface area (Å²) in [5.41, 5.74) is 3.41. The van der Waals surface area contributed by atoms with Crippen LogP contribution in [-0.4, -0.2) is 20.2 Å². The van der Waals surface area contributed by atoms with E-state index >= 15 is 0 Å². The van der Waals surface area contributed by atoms with Crippen molar-refractivity contribution in [2.75, 3.05) is 0 Å². The molecule has 0 spiro atoms. The van der Waals surface area contributed by atoms with E-state index in [4.69, 9.17) is 4.74 Å². The first-order valence-corrected chi connectivity index (χ1v) is 7.90. The Labute approximate surface area is 143 Å². The molecule has 4 rings (SSSR count). The van der Waals surface area contributed by atoms with Crippen molar-refractivity contribution in [3.63, 3.8) is 0 Å². The third-order valence-corrected chi connectivity index (χ3v) is 3.95. The van der Waals surface area contributed by atoms with E-state index in [-0.39, 0.29) is 12.2 Å². The van der Waals surface area contributed by atoms with Gasteiger partial charge >= 0.3 is 0 Å². The van der Waals surface area contributed by atoms with Crippen molar-refractivity contribution in [2.24, 2.45) is 0 Å². The molecule has 6 nitrogen and oxygen atoms in total. The van der Waals surface area contributed by atoms with E-state index in [0.717, 1.165) is 22.4 Å². The van der Waals surface area contributed by atoms with Gasteiger partial charge in [-0.15, -0.1) is 0 Å². The Balaban J connectivity index is 1.63. The number of nitrogens with zero attached hydrogens (tertiary/aromatic N) is 2. The summed E-state index contributed by atoms with van der Waals surface area (Å²) >= 11 is 0. The Hall–Kier alpha value is -3.41. The molecule has 0 radical (unpaired) electrons. The van der Waals surface area contributed by atoms with Crippen LogP contribution in [0, 0.1) is 6.92 Å². The average Bonchev–Trinajstić information content (AvgIpc) is 3.14. The lowest BCUT2D eigenvalue weighted by atomic mass is 10.1. The molecule has 0 fully saturated rings. The number of benzene rings is 2. The maximum absolute atomic E-state index is 12.4. The van der Waals surface area contributed by atoms with Crippen LogP contribution in [0.3, 0.4) is 0 Å². The molecular formula is C19H16N4O2. The second-order valence-corrected chi connectivity index (χ2v) is 5.84. The molecule has 2 N–H and O–H groups in total. The molecule has 0 saturated carbocycles. The predicted molar refractivity (Wildman–Crippen MR) is 95.5 cm³/mol.